The average Bonchev–Trinajstić information content (AvgIpc) is 2.89. The number of halogens is 1. The Bertz CT molecular complexity index is 852. The topological polar surface area (TPSA) is 20.2 Å². The first-order chi connectivity index (χ1) is 10.3. The van der Waals surface area contributed by atoms with Gasteiger partial charge in [0.1, 0.15) is 5.75 Å². The zero-order chi connectivity index (χ0) is 14.4. The van der Waals surface area contributed by atoms with Crippen LogP contribution in [0.4, 0.5) is 0 Å². The summed E-state index contributed by atoms with van der Waals surface area (Å²) in [7, 11) is 0. The summed E-state index contributed by atoms with van der Waals surface area (Å²) in [6, 6.07) is 20.2. The molecule has 3 aromatic carbocycles. The van der Waals surface area contributed by atoms with Crippen LogP contribution in [0.25, 0.3) is 22.3 Å². The van der Waals surface area contributed by atoms with Gasteiger partial charge in [-0.2, -0.15) is 0 Å². The van der Waals surface area contributed by atoms with E-state index in [2.05, 4.69) is 30.3 Å². The second-order valence-electron chi connectivity index (χ2n) is 5.31. The Kier molecular flexibility index (Phi) is 2.76. The first-order valence-electron chi connectivity index (χ1n) is 6.94. The number of aromatic hydroxyl groups is 1. The van der Waals surface area contributed by atoms with E-state index in [0.29, 0.717) is 5.02 Å². The van der Waals surface area contributed by atoms with Gasteiger partial charge in [-0.3, -0.25) is 0 Å². The molecule has 3 aromatic rings. The maximum absolute atomic E-state index is 10.3. The van der Waals surface area contributed by atoms with Gasteiger partial charge in [-0.15, -0.1) is 0 Å². The Morgan fingerprint density at radius 1 is 0.714 bits per heavy atom. The van der Waals surface area contributed by atoms with Crippen LogP contribution in [-0.2, 0) is 6.42 Å². The number of fused-ring (bicyclic) bond motifs is 3. The molecule has 1 N–H and O–H groups in total. The minimum absolute atomic E-state index is 0.150. The van der Waals surface area contributed by atoms with Gasteiger partial charge in [0.15, 0.2) is 0 Å². The molecular weight excluding hydrogens is 280 g/mol. The molecule has 0 saturated carbocycles. The van der Waals surface area contributed by atoms with Crippen LogP contribution < -0.4 is 0 Å². The van der Waals surface area contributed by atoms with Gasteiger partial charge >= 0.3 is 0 Å². The molecule has 0 bridgehead atoms. The number of benzene rings is 3. The molecule has 4 rings (SSSR count). The molecule has 0 spiro atoms. The fraction of sp³-hybridized carbons (Fsp3) is 0.0526. The SMILES string of the molecule is Oc1c(Cl)cccc1-c1cccc2c1-c1ccccc1C2. The first-order valence-corrected chi connectivity index (χ1v) is 7.31. The molecule has 0 radical (unpaired) electrons. The molecule has 0 aromatic heterocycles. The van der Waals surface area contributed by atoms with Gasteiger partial charge in [0.25, 0.3) is 0 Å². The number of phenolic OH excluding ortho intramolecular Hbond substituents is 1. The summed E-state index contributed by atoms with van der Waals surface area (Å²) >= 11 is 6.06. The monoisotopic (exact) mass is 292 g/mol. The second-order valence-corrected chi connectivity index (χ2v) is 5.72. The van der Waals surface area contributed by atoms with Crippen molar-refractivity contribution >= 4 is 11.6 Å². The molecule has 0 saturated heterocycles. The summed E-state index contributed by atoms with van der Waals surface area (Å²) in [4.78, 5) is 0. The maximum Gasteiger partial charge on any atom is 0.142 e. The highest BCUT2D eigenvalue weighted by molar-refractivity contribution is 6.32. The number of para-hydroxylation sites is 1. The number of rotatable bonds is 1. The van der Waals surface area contributed by atoms with Crippen molar-refractivity contribution in [1.82, 2.24) is 0 Å². The lowest BCUT2D eigenvalue weighted by molar-refractivity contribution is 0.477. The van der Waals surface area contributed by atoms with Crippen LogP contribution in [0.1, 0.15) is 11.1 Å². The van der Waals surface area contributed by atoms with Gasteiger partial charge in [0.05, 0.1) is 5.02 Å². The van der Waals surface area contributed by atoms with Crippen LogP contribution in [-0.4, -0.2) is 5.11 Å². The molecular formula is C19H13ClO. The Morgan fingerprint density at radius 3 is 2.29 bits per heavy atom. The highest BCUT2D eigenvalue weighted by atomic mass is 35.5. The van der Waals surface area contributed by atoms with E-state index in [4.69, 9.17) is 11.6 Å². The largest absolute Gasteiger partial charge is 0.506 e. The van der Waals surface area contributed by atoms with Crippen molar-refractivity contribution in [3.8, 4) is 28.0 Å². The molecule has 0 heterocycles. The standard InChI is InChI=1S/C19H13ClO/c20-17-10-4-9-16(19(17)21)15-8-3-6-13-11-12-5-1-2-7-14(12)18(13)15/h1-10,21H,11H2. The van der Waals surface area contributed by atoms with Gasteiger partial charge in [-0.1, -0.05) is 66.2 Å². The third-order valence-electron chi connectivity index (χ3n) is 4.10. The van der Waals surface area contributed by atoms with E-state index in [1.54, 1.807) is 6.07 Å². The summed E-state index contributed by atoms with van der Waals surface area (Å²) < 4.78 is 0. The number of hydrogen-bond acceptors (Lipinski definition) is 1. The number of phenols is 1. The molecule has 0 atom stereocenters. The molecule has 21 heavy (non-hydrogen) atoms. The Hall–Kier alpha value is -2.25. The summed E-state index contributed by atoms with van der Waals surface area (Å²) in [6.07, 6.45) is 0.945. The van der Waals surface area contributed by atoms with Crippen molar-refractivity contribution in [2.75, 3.05) is 0 Å². The lowest BCUT2D eigenvalue weighted by Crippen LogP contribution is -1.87. The third kappa shape index (κ3) is 1.85. The van der Waals surface area contributed by atoms with Crippen molar-refractivity contribution in [1.29, 1.82) is 0 Å². The molecule has 1 nitrogen and oxygen atoms in total. The van der Waals surface area contributed by atoms with Crippen molar-refractivity contribution < 1.29 is 5.11 Å². The maximum atomic E-state index is 10.3. The lowest BCUT2D eigenvalue weighted by Gasteiger charge is -2.12. The van der Waals surface area contributed by atoms with E-state index in [9.17, 15) is 5.11 Å². The van der Waals surface area contributed by atoms with E-state index in [-0.39, 0.29) is 5.75 Å². The fourth-order valence-electron chi connectivity index (χ4n) is 3.15. The fourth-order valence-corrected chi connectivity index (χ4v) is 3.32. The van der Waals surface area contributed by atoms with E-state index in [0.717, 1.165) is 17.5 Å². The molecule has 102 valence electrons. The number of hydrogen-bond donors (Lipinski definition) is 1. The minimum atomic E-state index is 0.150. The molecule has 0 aliphatic heterocycles. The normalized spacial score (nSPS) is 12.0. The van der Waals surface area contributed by atoms with Crippen LogP contribution in [0.3, 0.4) is 0 Å². The van der Waals surface area contributed by atoms with Crippen LogP contribution in [0.5, 0.6) is 5.75 Å². The van der Waals surface area contributed by atoms with Gasteiger partial charge in [0.2, 0.25) is 0 Å². The van der Waals surface area contributed by atoms with E-state index in [1.807, 2.05) is 24.3 Å². The minimum Gasteiger partial charge on any atom is -0.506 e. The van der Waals surface area contributed by atoms with Crippen LogP contribution in [0.2, 0.25) is 5.02 Å². The smallest absolute Gasteiger partial charge is 0.142 e. The van der Waals surface area contributed by atoms with Crippen molar-refractivity contribution in [3.63, 3.8) is 0 Å². The Labute approximate surface area is 128 Å². The van der Waals surface area contributed by atoms with Crippen LogP contribution in [0.15, 0.2) is 60.7 Å². The second kappa shape index (κ2) is 4.64. The van der Waals surface area contributed by atoms with Gasteiger partial charge in [-0.05, 0) is 40.3 Å². The third-order valence-corrected chi connectivity index (χ3v) is 4.40. The van der Waals surface area contributed by atoms with E-state index in [1.165, 1.54) is 22.3 Å². The predicted molar refractivity (Wildman–Crippen MR) is 86.8 cm³/mol. The molecule has 0 unspecified atom stereocenters. The van der Waals surface area contributed by atoms with E-state index < -0.39 is 0 Å². The molecule has 1 aliphatic carbocycles. The Balaban J connectivity index is 2.03. The Morgan fingerprint density at radius 2 is 1.38 bits per heavy atom. The quantitative estimate of drug-likeness (QED) is 0.506. The zero-order valence-electron chi connectivity index (χ0n) is 11.3. The highest BCUT2D eigenvalue weighted by Crippen LogP contribution is 2.45. The van der Waals surface area contributed by atoms with E-state index >= 15 is 0 Å². The molecule has 0 fully saturated rings. The van der Waals surface area contributed by atoms with Gasteiger partial charge < -0.3 is 5.11 Å². The average molecular weight is 293 g/mol. The molecule has 1 aliphatic rings. The summed E-state index contributed by atoms with van der Waals surface area (Å²) in [6.45, 7) is 0. The predicted octanol–water partition coefficient (Wildman–Crippen LogP) is 5.28. The molecule has 2 heteroatoms. The van der Waals surface area contributed by atoms with Crippen LogP contribution >= 0.6 is 11.6 Å². The van der Waals surface area contributed by atoms with Crippen molar-refractivity contribution in [2.45, 2.75) is 6.42 Å². The van der Waals surface area contributed by atoms with Gasteiger partial charge in [0, 0.05) is 5.56 Å². The van der Waals surface area contributed by atoms with Crippen LogP contribution in [0, 0.1) is 0 Å². The summed E-state index contributed by atoms with van der Waals surface area (Å²) in [5.41, 5.74) is 6.93. The van der Waals surface area contributed by atoms with Crippen molar-refractivity contribution in [3.05, 3.63) is 76.8 Å². The zero-order valence-corrected chi connectivity index (χ0v) is 12.1. The lowest BCUT2D eigenvalue weighted by atomic mass is 9.94. The first kappa shape index (κ1) is 12.5. The highest BCUT2D eigenvalue weighted by Gasteiger charge is 2.22. The van der Waals surface area contributed by atoms with Gasteiger partial charge in [-0.25, -0.2) is 0 Å². The summed E-state index contributed by atoms with van der Waals surface area (Å²) in [5.74, 6) is 0.150. The summed E-state index contributed by atoms with van der Waals surface area (Å²) in [5, 5.41) is 10.7. The van der Waals surface area contributed by atoms with Crippen molar-refractivity contribution in [2.24, 2.45) is 0 Å². The molecule has 0 amide bonds.